The summed E-state index contributed by atoms with van der Waals surface area (Å²) in [5, 5.41) is 13.6. The summed E-state index contributed by atoms with van der Waals surface area (Å²) < 4.78 is 0. The molecular formula is C19H18ClN5O2S. The van der Waals surface area contributed by atoms with E-state index in [4.69, 9.17) is 11.6 Å². The van der Waals surface area contributed by atoms with Gasteiger partial charge in [0.25, 0.3) is 0 Å². The average Bonchev–Trinajstić information content (AvgIpc) is 3.10. The van der Waals surface area contributed by atoms with E-state index in [1.54, 1.807) is 36.5 Å². The summed E-state index contributed by atoms with van der Waals surface area (Å²) in [5.41, 5.74) is 2.66. The summed E-state index contributed by atoms with van der Waals surface area (Å²) in [6.45, 7) is 6.53. The van der Waals surface area contributed by atoms with Crippen molar-refractivity contribution in [2.24, 2.45) is 0 Å². The van der Waals surface area contributed by atoms with Gasteiger partial charge in [0.05, 0.1) is 16.3 Å². The lowest BCUT2D eigenvalue weighted by molar-refractivity contribution is 0.202. The SMILES string of the molecule is C=CCN(C(=O)O)c1cccc(-c2nc(NCC)sc2-c2ccnc(Cl)n2)c1. The Morgan fingerprint density at radius 3 is 2.89 bits per heavy atom. The number of nitrogens with zero attached hydrogens (tertiary/aromatic N) is 4. The highest BCUT2D eigenvalue weighted by atomic mass is 35.5. The molecule has 3 aromatic rings. The van der Waals surface area contributed by atoms with Gasteiger partial charge in [0.1, 0.15) is 0 Å². The van der Waals surface area contributed by atoms with Gasteiger partial charge in [-0.2, -0.15) is 0 Å². The molecule has 0 aliphatic carbocycles. The van der Waals surface area contributed by atoms with Gasteiger partial charge in [-0.1, -0.05) is 29.5 Å². The number of anilines is 2. The van der Waals surface area contributed by atoms with Crippen LogP contribution in [0.25, 0.3) is 21.8 Å². The fourth-order valence-electron chi connectivity index (χ4n) is 2.62. The first-order valence-corrected chi connectivity index (χ1v) is 9.68. The molecule has 0 radical (unpaired) electrons. The molecule has 0 spiro atoms. The van der Waals surface area contributed by atoms with Gasteiger partial charge in [-0.25, -0.2) is 19.7 Å². The van der Waals surface area contributed by atoms with Crippen molar-refractivity contribution in [3.05, 3.63) is 54.5 Å². The van der Waals surface area contributed by atoms with Crippen molar-refractivity contribution in [3.8, 4) is 21.8 Å². The van der Waals surface area contributed by atoms with Crippen molar-refractivity contribution in [1.29, 1.82) is 0 Å². The fraction of sp³-hybridized carbons (Fsp3) is 0.158. The van der Waals surface area contributed by atoms with Crippen molar-refractivity contribution >= 4 is 39.8 Å². The molecule has 1 amide bonds. The summed E-state index contributed by atoms with van der Waals surface area (Å²) in [5.74, 6) is 0. The van der Waals surface area contributed by atoms with Crippen LogP contribution in [0.2, 0.25) is 5.28 Å². The molecule has 0 atom stereocenters. The Kier molecular flexibility index (Phi) is 6.23. The third-order valence-corrected chi connectivity index (χ3v) is 5.01. The Morgan fingerprint density at radius 1 is 1.39 bits per heavy atom. The molecular weight excluding hydrogens is 398 g/mol. The van der Waals surface area contributed by atoms with Crippen LogP contribution in [0.3, 0.4) is 0 Å². The summed E-state index contributed by atoms with van der Waals surface area (Å²) in [6.07, 6.45) is 2.08. The average molecular weight is 416 g/mol. The standard InChI is InChI=1S/C19H18ClN5O2S/c1-3-10-25(19(26)27)13-7-5-6-12(11-13)15-16(28-18(24-15)21-4-2)14-8-9-22-17(20)23-14/h3,5-9,11H,1,4,10H2,2H3,(H,21,24)(H,26,27). The molecule has 0 aliphatic heterocycles. The van der Waals surface area contributed by atoms with Crippen LogP contribution < -0.4 is 10.2 Å². The van der Waals surface area contributed by atoms with Gasteiger partial charge in [-0.15, -0.1) is 6.58 Å². The second-order valence-electron chi connectivity index (χ2n) is 5.67. The minimum atomic E-state index is -1.05. The molecule has 0 fully saturated rings. The zero-order chi connectivity index (χ0) is 20.1. The maximum atomic E-state index is 11.6. The highest BCUT2D eigenvalue weighted by molar-refractivity contribution is 7.19. The van der Waals surface area contributed by atoms with Gasteiger partial charge in [0.15, 0.2) is 5.13 Å². The van der Waals surface area contributed by atoms with E-state index in [-0.39, 0.29) is 11.8 Å². The van der Waals surface area contributed by atoms with E-state index in [0.29, 0.717) is 17.1 Å². The van der Waals surface area contributed by atoms with E-state index in [1.165, 1.54) is 16.2 Å². The van der Waals surface area contributed by atoms with Crippen molar-refractivity contribution in [3.63, 3.8) is 0 Å². The first-order valence-electron chi connectivity index (χ1n) is 8.49. The predicted octanol–water partition coefficient (Wildman–Crippen LogP) is 5.02. The number of aromatic nitrogens is 3. The molecule has 144 valence electrons. The van der Waals surface area contributed by atoms with E-state index in [2.05, 4.69) is 26.8 Å². The molecule has 28 heavy (non-hydrogen) atoms. The second-order valence-corrected chi connectivity index (χ2v) is 7.01. The number of rotatable bonds is 7. The van der Waals surface area contributed by atoms with Crippen molar-refractivity contribution in [2.45, 2.75) is 6.92 Å². The largest absolute Gasteiger partial charge is 0.465 e. The lowest BCUT2D eigenvalue weighted by atomic mass is 10.1. The van der Waals surface area contributed by atoms with Crippen molar-refractivity contribution < 1.29 is 9.90 Å². The van der Waals surface area contributed by atoms with Gasteiger partial charge >= 0.3 is 6.09 Å². The molecule has 2 heterocycles. The molecule has 3 rings (SSSR count). The minimum Gasteiger partial charge on any atom is -0.465 e. The Bertz CT molecular complexity index is 1010. The highest BCUT2D eigenvalue weighted by Gasteiger charge is 2.19. The van der Waals surface area contributed by atoms with Crippen molar-refractivity contribution in [2.75, 3.05) is 23.3 Å². The van der Waals surface area contributed by atoms with Gasteiger partial charge in [0.2, 0.25) is 5.28 Å². The Hall–Kier alpha value is -2.97. The number of carbonyl (C=O) groups is 1. The van der Waals surface area contributed by atoms with E-state index in [1.807, 2.05) is 13.0 Å². The maximum absolute atomic E-state index is 11.6. The first kappa shape index (κ1) is 19.8. The van der Waals surface area contributed by atoms with Crippen LogP contribution in [0, 0.1) is 0 Å². The Balaban J connectivity index is 2.11. The molecule has 0 saturated heterocycles. The van der Waals surface area contributed by atoms with E-state index < -0.39 is 6.09 Å². The molecule has 0 saturated carbocycles. The predicted molar refractivity (Wildman–Crippen MR) is 113 cm³/mol. The molecule has 7 nitrogen and oxygen atoms in total. The fourth-order valence-corrected chi connectivity index (χ4v) is 3.79. The zero-order valence-corrected chi connectivity index (χ0v) is 16.7. The third-order valence-electron chi connectivity index (χ3n) is 3.79. The summed E-state index contributed by atoms with van der Waals surface area (Å²) in [6, 6.07) is 8.97. The lowest BCUT2D eigenvalue weighted by Gasteiger charge is -2.18. The lowest BCUT2D eigenvalue weighted by Crippen LogP contribution is -2.29. The summed E-state index contributed by atoms with van der Waals surface area (Å²) >= 11 is 7.42. The van der Waals surface area contributed by atoms with Gasteiger partial charge in [-0.3, -0.25) is 4.90 Å². The third kappa shape index (κ3) is 4.29. The summed E-state index contributed by atoms with van der Waals surface area (Å²) in [7, 11) is 0. The first-order chi connectivity index (χ1) is 13.5. The second kappa shape index (κ2) is 8.81. The quantitative estimate of drug-likeness (QED) is 0.415. The smallest absolute Gasteiger partial charge is 0.412 e. The Morgan fingerprint density at radius 2 is 2.21 bits per heavy atom. The minimum absolute atomic E-state index is 0.152. The number of nitrogens with one attached hydrogen (secondary N) is 1. The molecule has 0 bridgehead atoms. The molecule has 2 aromatic heterocycles. The number of thiazole rings is 1. The van der Waals surface area contributed by atoms with E-state index in [0.717, 1.165) is 22.1 Å². The number of hydrogen-bond acceptors (Lipinski definition) is 6. The number of halogens is 1. The van der Waals surface area contributed by atoms with Crippen LogP contribution in [0.1, 0.15) is 6.92 Å². The number of hydrogen-bond donors (Lipinski definition) is 2. The molecule has 1 aromatic carbocycles. The van der Waals surface area contributed by atoms with Crippen LogP contribution in [0.5, 0.6) is 0 Å². The number of benzene rings is 1. The van der Waals surface area contributed by atoms with Crippen LogP contribution in [0.15, 0.2) is 49.2 Å². The van der Waals surface area contributed by atoms with Crippen LogP contribution >= 0.6 is 22.9 Å². The van der Waals surface area contributed by atoms with Crippen molar-refractivity contribution in [1.82, 2.24) is 15.0 Å². The molecule has 0 unspecified atom stereocenters. The zero-order valence-electron chi connectivity index (χ0n) is 15.1. The van der Waals surface area contributed by atoms with E-state index in [9.17, 15) is 9.90 Å². The molecule has 2 N–H and O–H groups in total. The molecule has 9 heteroatoms. The van der Waals surface area contributed by atoms with Gasteiger partial charge in [-0.05, 0) is 36.7 Å². The monoisotopic (exact) mass is 415 g/mol. The maximum Gasteiger partial charge on any atom is 0.412 e. The highest BCUT2D eigenvalue weighted by Crippen LogP contribution is 2.39. The van der Waals surface area contributed by atoms with Crippen LogP contribution in [-0.4, -0.2) is 39.2 Å². The Labute approximate surface area is 171 Å². The normalized spacial score (nSPS) is 10.5. The van der Waals surface area contributed by atoms with Gasteiger partial charge in [0, 0.05) is 30.5 Å². The number of carboxylic acid groups (broad SMARTS) is 1. The molecule has 0 aliphatic rings. The van der Waals surface area contributed by atoms with Crippen LogP contribution in [-0.2, 0) is 0 Å². The summed E-state index contributed by atoms with van der Waals surface area (Å²) in [4.78, 5) is 26.5. The number of amides is 1. The topological polar surface area (TPSA) is 91.2 Å². The van der Waals surface area contributed by atoms with E-state index >= 15 is 0 Å². The van der Waals surface area contributed by atoms with Crippen LogP contribution in [0.4, 0.5) is 15.6 Å². The van der Waals surface area contributed by atoms with Gasteiger partial charge < -0.3 is 10.4 Å².